The maximum atomic E-state index is 12.4. The average Bonchev–Trinajstić information content (AvgIpc) is 3.07. The molecule has 2 aliphatic rings. The molecule has 0 radical (unpaired) electrons. The third-order valence-electron chi connectivity index (χ3n) is 4.73. The molecule has 4 rings (SSSR count). The minimum absolute atomic E-state index is 0.148. The molecule has 4 heterocycles. The number of anilines is 1. The first-order chi connectivity index (χ1) is 12.6. The fourth-order valence-corrected chi connectivity index (χ4v) is 4.24. The van der Waals surface area contributed by atoms with Crippen molar-refractivity contribution in [3.8, 4) is 0 Å². The van der Waals surface area contributed by atoms with E-state index in [1.165, 1.54) is 21.9 Å². The molecule has 0 N–H and O–H groups in total. The molecule has 0 bridgehead atoms. The van der Waals surface area contributed by atoms with Gasteiger partial charge in [0, 0.05) is 51.0 Å². The molecule has 140 valence electrons. The predicted molar refractivity (Wildman–Crippen MR) is 97.9 cm³/mol. The van der Waals surface area contributed by atoms with E-state index in [9.17, 15) is 9.59 Å². The maximum Gasteiger partial charge on any atom is 0.275 e. The van der Waals surface area contributed by atoms with Crippen LogP contribution in [0, 0.1) is 6.92 Å². The monoisotopic (exact) mass is 378 g/mol. The zero-order valence-corrected chi connectivity index (χ0v) is 15.6. The first kappa shape index (κ1) is 17.4. The first-order valence-electron chi connectivity index (χ1n) is 8.80. The molecule has 2 aliphatic heterocycles. The lowest BCUT2D eigenvalue weighted by atomic mass is 10.3. The van der Waals surface area contributed by atoms with Gasteiger partial charge in [0.2, 0.25) is 16.0 Å². The lowest BCUT2D eigenvalue weighted by molar-refractivity contribution is -0.136. The van der Waals surface area contributed by atoms with Gasteiger partial charge >= 0.3 is 0 Å². The molecule has 2 aromatic rings. The number of hydrogen-bond donors (Lipinski definition) is 0. The van der Waals surface area contributed by atoms with Gasteiger partial charge in [-0.15, -0.1) is 5.10 Å². The quantitative estimate of drug-likeness (QED) is 0.708. The summed E-state index contributed by atoms with van der Waals surface area (Å²) in [5.41, 5.74) is 0.557. The number of fused-ring (bicyclic) bond motifs is 1. The fraction of sp³-hybridized carbons (Fsp3) is 0.625. The summed E-state index contributed by atoms with van der Waals surface area (Å²) in [6.07, 6.45) is 0. The van der Waals surface area contributed by atoms with Crippen molar-refractivity contribution in [3.05, 3.63) is 22.1 Å². The smallest absolute Gasteiger partial charge is 0.275 e. The van der Waals surface area contributed by atoms with Crippen molar-refractivity contribution in [1.29, 1.82) is 0 Å². The molecule has 0 atom stereocenters. The number of aromatic nitrogens is 3. The summed E-state index contributed by atoms with van der Waals surface area (Å²) < 4.78 is 6.66. The zero-order chi connectivity index (χ0) is 18.1. The number of carbonyl (C=O) groups excluding carboxylic acids is 1. The van der Waals surface area contributed by atoms with E-state index >= 15 is 0 Å². The van der Waals surface area contributed by atoms with E-state index in [0.29, 0.717) is 43.5 Å². The summed E-state index contributed by atoms with van der Waals surface area (Å²) in [7, 11) is 0. The predicted octanol–water partition coefficient (Wildman–Crippen LogP) is -0.560. The van der Waals surface area contributed by atoms with Crippen molar-refractivity contribution in [3.63, 3.8) is 0 Å². The largest absolute Gasteiger partial charge is 0.378 e. The molecule has 10 heteroatoms. The number of hydrogen-bond acceptors (Lipinski definition) is 8. The summed E-state index contributed by atoms with van der Waals surface area (Å²) in [6, 6.07) is 1.49. The van der Waals surface area contributed by atoms with Crippen molar-refractivity contribution in [2.24, 2.45) is 0 Å². The van der Waals surface area contributed by atoms with Crippen LogP contribution in [0.2, 0.25) is 0 Å². The summed E-state index contributed by atoms with van der Waals surface area (Å²) in [5.74, 6) is 0.174. The Morgan fingerprint density at radius 1 is 1.19 bits per heavy atom. The summed E-state index contributed by atoms with van der Waals surface area (Å²) in [6.45, 7) is 8.05. The standard InChI is InChI=1S/C16H22N6O3S/c1-12-10-13(23)22-15(17-12)26-16(18-22)21-4-2-19(3-5-21)11-14(24)20-6-8-25-9-7-20/h10H,2-9,11H2,1H3. The Bertz CT molecular complexity index is 851. The van der Waals surface area contributed by atoms with Gasteiger partial charge in [0.05, 0.1) is 19.8 Å². The maximum absolute atomic E-state index is 12.4. The summed E-state index contributed by atoms with van der Waals surface area (Å²) >= 11 is 1.43. The van der Waals surface area contributed by atoms with Crippen molar-refractivity contribution in [1.82, 2.24) is 24.4 Å². The Morgan fingerprint density at radius 2 is 1.92 bits per heavy atom. The van der Waals surface area contributed by atoms with Gasteiger partial charge in [0.25, 0.3) is 5.56 Å². The Morgan fingerprint density at radius 3 is 2.65 bits per heavy atom. The van der Waals surface area contributed by atoms with Crippen LogP contribution in [0.5, 0.6) is 0 Å². The molecule has 1 amide bonds. The average molecular weight is 378 g/mol. The molecular formula is C16H22N6O3S. The van der Waals surface area contributed by atoms with Crippen LogP contribution in [0.25, 0.3) is 4.96 Å². The lowest BCUT2D eigenvalue weighted by Gasteiger charge is -2.35. The molecule has 26 heavy (non-hydrogen) atoms. The number of ether oxygens (including phenoxy) is 1. The topological polar surface area (TPSA) is 83.3 Å². The van der Waals surface area contributed by atoms with Crippen molar-refractivity contribution < 1.29 is 9.53 Å². The van der Waals surface area contributed by atoms with Crippen LogP contribution in [0.15, 0.2) is 10.9 Å². The van der Waals surface area contributed by atoms with Gasteiger partial charge in [-0.3, -0.25) is 14.5 Å². The molecule has 0 aliphatic carbocycles. The van der Waals surface area contributed by atoms with Crippen LogP contribution >= 0.6 is 11.3 Å². The SMILES string of the molecule is Cc1cc(=O)n2nc(N3CCN(CC(=O)N4CCOCC4)CC3)sc2n1. The molecule has 9 nitrogen and oxygen atoms in total. The van der Waals surface area contributed by atoms with Gasteiger partial charge in [-0.1, -0.05) is 11.3 Å². The van der Waals surface area contributed by atoms with Crippen molar-refractivity contribution in [2.75, 3.05) is 63.9 Å². The van der Waals surface area contributed by atoms with E-state index in [-0.39, 0.29) is 11.5 Å². The van der Waals surface area contributed by atoms with Crippen LogP contribution in [-0.4, -0.2) is 89.3 Å². The van der Waals surface area contributed by atoms with Crippen LogP contribution in [0.3, 0.4) is 0 Å². The fourth-order valence-electron chi connectivity index (χ4n) is 3.24. The van der Waals surface area contributed by atoms with E-state index in [1.54, 1.807) is 0 Å². The normalized spacial score (nSPS) is 19.3. The molecular weight excluding hydrogens is 356 g/mol. The van der Waals surface area contributed by atoms with Crippen LogP contribution in [-0.2, 0) is 9.53 Å². The number of amides is 1. The van der Waals surface area contributed by atoms with Crippen LogP contribution in [0.1, 0.15) is 5.69 Å². The molecule has 2 aromatic heterocycles. The highest BCUT2D eigenvalue weighted by Gasteiger charge is 2.24. The molecule has 0 spiro atoms. The summed E-state index contributed by atoms with van der Waals surface area (Å²) in [5, 5.41) is 5.22. The Hall–Kier alpha value is -2.04. The van der Waals surface area contributed by atoms with Crippen LogP contribution < -0.4 is 10.5 Å². The van der Waals surface area contributed by atoms with Crippen LogP contribution in [0.4, 0.5) is 5.13 Å². The van der Waals surface area contributed by atoms with E-state index in [0.717, 1.165) is 31.3 Å². The second-order valence-corrected chi connectivity index (χ2v) is 7.51. The van der Waals surface area contributed by atoms with E-state index in [4.69, 9.17) is 4.74 Å². The molecule has 2 fully saturated rings. The van der Waals surface area contributed by atoms with Crippen molar-refractivity contribution >= 4 is 27.3 Å². The minimum atomic E-state index is -0.148. The highest BCUT2D eigenvalue weighted by atomic mass is 32.1. The summed E-state index contributed by atoms with van der Waals surface area (Å²) in [4.78, 5) is 35.6. The molecule has 2 saturated heterocycles. The molecule has 0 saturated carbocycles. The van der Waals surface area contributed by atoms with Crippen molar-refractivity contribution in [2.45, 2.75) is 6.92 Å². The van der Waals surface area contributed by atoms with E-state index in [2.05, 4.69) is 19.9 Å². The van der Waals surface area contributed by atoms with E-state index < -0.39 is 0 Å². The Kier molecular flexibility index (Phi) is 4.88. The second-order valence-electron chi connectivity index (χ2n) is 6.57. The van der Waals surface area contributed by atoms with Gasteiger partial charge < -0.3 is 14.5 Å². The van der Waals surface area contributed by atoms with Gasteiger partial charge in [-0.05, 0) is 6.92 Å². The second kappa shape index (κ2) is 7.29. The number of piperazine rings is 1. The third kappa shape index (κ3) is 3.57. The lowest BCUT2D eigenvalue weighted by Crippen LogP contribution is -2.51. The Balaban J connectivity index is 1.37. The number of carbonyl (C=O) groups is 1. The number of rotatable bonds is 3. The highest BCUT2D eigenvalue weighted by Crippen LogP contribution is 2.22. The minimum Gasteiger partial charge on any atom is -0.378 e. The van der Waals surface area contributed by atoms with Gasteiger partial charge in [-0.25, -0.2) is 4.98 Å². The first-order valence-corrected chi connectivity index (χ1v) is 9.62. The zero-order valence-electron chi connectivity index (χ0n) is 14.8. The molecule has 0 aromatic carbocycles. The van der Waals surface area contributed by atoms with Gasteiger partial charge in [0.15, 0.2) is 0 Å². The number of morpholine rings is 1. The van der Waals surface area contributed by atoms with Gasteiger partial charge in [-0.2, -0.15) is 4.52 Å². The number of aryl methyl sites for hydroxylation is 1. The Labute approximate surface area is 154 Å². The third-order valence-corrected chi connectivity index (χ3v) is 5.70. The highest BCUT2D eigenvalue weighted by molar-refractivity contribution is 7.20. The van der Waals surface area contributed by atoms with Gasteiger partial charge in [0.1, 0.15) is 0 Å². The number of nitrogens with zero attached hydrogens (tertiary/aromatic N) is 6. The van der Waals surface area contributed by atoms with E-state index in [1.807, 2.05) is 11.8 Å². The molecule has 0 unspecified atom stereocenters.